The molecule has 3 heterocycles. The molecule has 0 spiro atoms. The van der Waals surface area contributed by atoms with Crippen LogP contribution in [0.4, 0.5) is 0 Å². The Morgan fingerprint density at radius 1 is 1.26 bits per heavy atom. The summed E-state index contributed by atoms with van der Waals surface area (Å²) in [6, 6.07) is 10.2. The Morgan fingerprint density at radius 2 is 2.09 bits per heavy atom. The molecule has 4 rings (SSSR count). The van der Waals surface area contributed by atoms with E-state index in [-0.39, 0.29) is 0 Å². The van der Waals surface area contributed by atoms with Crippen LogP contribution in [-0.4, -0.2) is 14.4 Å². The molecule has 0 saturated carbocycles. The zero-order chi connectivity index (χ0) is 16.0. The summed E-state index contributed by atoms with van der Waals surface area (Å²) in [5.41, 5.74) is 4.50. The number of nitrogens with zero attached hydrogens (tertiary/aromatic N) is 4. The van der Waals surface area contributed by atoms with Gasteiger partial charge in [-0.1, -0.05) is 12.1 Å². The van der Waals surface area contributed by atoms with E-state index in [9.17, 15) is 5.26 Å². The van der Waals surface area contributed by atoms with Crippen molar-refractivity contribution in [2.24, 2.45) is 0 Å². The second-order valence-corrected chi connectivity index (χ2v) is 7.10. The minimum absolute atomic E-state index is 0.571. The number of hydrogen-bond acceptors (Lipinski definition) is 5. The molecule has 3 aromatic heterocycles. The molecule has 4 nitrogen and oxygen atoms in total. The second-order valence-electron chi connectivity index (χ2n) is 5.23. The Hall–Kier alpha value is -2.49. The summed E-state index contributed by atoms with van der Waals surface area (Å²) in [6.45, 7) is 4.02. The van der Waals surface area contributed by atoms with Gasteiger partial charge in [0.05, 0.1) is 27.2 Å². The molecule has 0 bridgehead atoms. The molecule has 0 saturated heterocycles. The summed E-state index contributed by atoms with van der Waals surface area (Å²) in [7, 11) is 0. The van der Waals surface area contributed by atoms with Crippen molar-refractivity contribution in [3.8, 4) is 6.07 Å². The van der Waals surface area contributed by atoms with Crippen LogP contribution in [0, 0.1) is 25.2 Å². The summed E-state index contributed by atoms with van der Waals surface area (Å²) in [5, 5.41) is 12.4. The number of imidazole rings is 1. The average Bonchev–Trinajstić information content (AvgIpc) is 3.20. The maximum absolute atomic E-state index is 9.61. The Morgan fingerprint density at radius 3 is 2.87 bits per heavy atom. The molecule has 1 aromatic carbocycles. The summed E-state index contributed by atoms with van der Waals surface area (Å²) in [6.07, 6.45) is 1.90. The second kappa shape index (κ2) is 5.30. The van der Waals surface area contributed by atoms with Crippen LogP contribution in [0.5, 0.6) is 0 Å². The third kappa shape index (κ3) is 2.25. The van der Waals surface area contributed by atoms with Gasteiger partial charge in [0.25, 0.3) is 0 Å². The molecule has 4 aromatic rings. The molecule has 0 aliphatic rings. The number of hydrogen-bond donors (Lipinski definition) is 0. The van der Waals surface area contributed by atoms with E-state index in [1.807, 2.05) is 44.2 Å². The molecule has 0 amide bonds. The molecular formula is C17H12N4S2. The van der Waals surface area contributed by atoms with Crippen LogP contribution < -0.4 is 0 Å². The molecule has 0 aliphatic heterocycles. The quantitative estimate of drug-likeness (QED) is 0.499. The number of aromatic nitrogens is 3. The highest BCUT2D eigenvalue weighted by atomic mass is 32.1. The minimum Gasteiger partial charge on any atom is -0.288 e. The van der Waals surface area contributed by atoms with Crippen molar-refractivity contribution in [3.05, 3.63) is 51.7 Å². The number of fused-ring (bicyclic) bond motifs is 2. The first-order valence-electron chi connectivity index (χ1n) is 7.08. The highest BCUT2D eigenvalue weighted by Gasteiger charge is 2.14. The smallest absolute Gasteiger partial charge is 0.194 e. The van der Waals surface area contributed by atoms with Crippen LogP contribution in [0.1, 0.15) is 22.1 Å². The van der Waals surface area contributed by atoms with Crippen molar-refractivity contribution < 1.29 is 0 Å². The van der Waals surface area contributed by atoms with Crippen LogP contribution in [0.3, 0.4) is 0 Å². The van der Waals surface area contributed by atoms with Gasteiger partial charge in [-0.25, -0.2) is 9.97 Å². The summed E-state index contributed by atoms with van der Waals surface area (Å²) in [4.78, 5) is 10.1. The van der Waals surface area contributed by atoms with Crippen LogP contribution in [-0.2, 0) is 0 Å². The van der Waals surface area contributed by atoms with Crippen LogP contribution in [0.25, 0.3) is 26.8 Å². The van der Waals surface area contributed by atoms with E-state index in [1.54, 1.807) is 22.7 Å². The third-order valence-electron chi connectivity index (χ3n) is 3.68. The molecule has 0 unspecified atom stereocenters. The van der Waals surface area contributed by atoms with Gasteiger partial charge in [0.2, 0.25) is 0 Å². The summed E-state index contributed by atoms with van der Waals surface area (Å²) < 4.78 is 3.18. The predicted molar refractivity (Wildman–Crippen MR) is 95.6 cm³/mol. The SMILES string of the molecule is Cc1nc2scc(C)n2c1C=C(C#N)c1nc2ccccc2s1. The maximum atomic E-state index is 9.61. The standard InChI is InChI=1S/C17H12N4S2/c1-10-9-22-17-19-11(2)14(21(10)17)7-12(8-18)16-20-13-5-3-4-6-15(13)23-16/h3-7,9H,1-2H3. The van der Waals surface area contributed by atoms with Crippen molar-refractivity contribution in [2.45, 2.75) is 13.8 Å². The monoisotopic (exact) mass is 336 g/mol. The number of allylic oxidation sites excluding steroid dienone is 1. The Kier molecular flexibility index (Phi) is 3.26. The van der Waals surface area contributed by atoms with Crippen LogP contribution in [0.15, 0.2) is 29.6 Å². The molecule has 112 valence electrons. The molecular weight excluding hydrogens is 324 g/mol. The van der Waals surface area contributed by atoms with Crippen molar-refractivity contribution in [1.29, 1.82) is 5.26 Å². The van der Waals surface area contributed by atoms with Gasteiger partial charge in [-0.2, -0.15) is 5.26 Å². The summed E-state index contributed by atoms with van der Waals surface area (Å²) in [5.74, 6) is 0. The lowest BCUT2D eigenvalue weighted by Crippen LogP contribution is -1.90. The van der Waals surface area contributed by atoms with E-state index < -0.39 is 0 Å². The highest BCUT2D eigenvalue weighted by molar-refractivity contribution is 7.19. The minimum atomic E-state index is 0.571. The van der Waals surface area contributed by atoms with Crippen molar-refractivity contribution in [2.75, 3.05) is 0 Å². The normalized spacial score (nSPS) is 12.1. The third-order valence-corrected chi connectivity index (χ3v) is 5.69. The van der Waals surface area contributed by atoms with Crippen LogP contribution in [0.2, 0.25) is 0 Å². The number of rotatable bonds is 2. The van der Waals surface area contributed by atoms with E-state index in [0.29, 0.717) is 5.57 Å². The molecule has 6 heteroatoms. The zero-order valence-corrected chi connectivity index (χ0v) is 14.2. The lowest BCUT2D eigenvalue weighted by Gasteiger charge is -1.98. The topological polar surface area (TPSA) is 54.0 Å². The van der Waals surface area contributed by atoms with E-state index in [0.717, 1.165) is 37.3 Å². The molecule has 0 atom stereocenters. The van der Waals surface area contributed by atoms with Gasteiger partial charge in [-0.3, -0.25) is 4.40 Å². The van der Waals surface area contributed by atoms with E-state index in [2.05, 4.69) is 25.8 Å². The molecule has 0 aliphatic carbocycles. The maximum Gasteiger partial charge on any atom is 0.194 e. The first-order valence-corrected chi connectivity index (χ1v) is 8.78. The Labute approximate surface area is 141 Å². The molecule has 0 N–H and O–H groups in total. The van der Waals surface area contributed by atoms with E-state index in [4.69, 9.17) is 0 Å². The van der Waals surface area contributed by atoms with Crippen molar-refractivity contribution >= 4 is 49.5 Å². The molecule has 23 heavy (non-hydrogen) atoms. The fourth-order valence-corrected chi connectivity index (χ4v) is 4.41. The fourth-order valence-electron chi connectivity index (χ4n) is 2.56. The predicted octanol–water partition coefficient (Wildman–Crippen LogP) is 4.69. The number of nitriles is 1. The van der Waals surface area contributed by atoms with Gasteiger partial charge < -0.3 is 0 Å². The van der Waals surface area contributed by atoms with Gasteiger partial charge in [0.15, 0.2) is 4.96 Å². The van der Waals surface area contributed by atoms with Crippen LogP contribution >= 0.6 is 22.7 Å². The van der Waals surface area contributed by atoms with Gasteiger partial charge >= 0.3 is 0 Å². The zero-order valence-electron chi connectivity index (χ0n) is 12.6. The van der Waals surface area contributed by atoms with Crippen molar-refractivity contribution in [3.63, 3.8) is 0 Å². The lowest BCUT2D eigenvalue weighted by molar-refractivity contribution is 1.11. The van der Waals surface area contributed by atoms with Gasteiger partial charge in [-0.05, 0) is 32.1 Å². The number of thiazole rings is 2. The number of aryl methyl sites for hydroxylation is 2. The number of benzene rings is 1. The number of para-hydroxylation sites is 1. The summed E-state index contributed by atoms with van der Waals surface area (Å²) >= 11 is 3.15. The molecule has 0 fully saturated rings. The first-order chi connectivity index (χ1) is 11.2. The van der Waals surface area contributed by atoms with Gasteiger partial charge in [0, 0.05) is 11.1 Å². The van der Waals surface area contributed by atoms with E-state index in [1.165, 1.54) is 0 Å². The fraction of sp³-hybridized carbons (Fsp3) is 0.118. The Bertz CT molecular complexity index is 1070. The van der Waals surface area contributed by atoms with E-state index >= 15 is 0 Å². The highest BCUT2D eigenvalue weighted by Crippen LogP contribution is 2.29. The average molecular weight is 336 g/mol. The van der Waals surface area contributed by atoms with Crippen molar-refractivity contribution in [1.82, 2.24) is 14.4 Å². The first kappa shape index (κ1) is 14.1. The molecule has 0 radical (unpaired) electrons. The largest absolute Gasteiger partial charge is 0.288 e. The van der Waals surface area contributed by atoms with Gasteiger partial charge in [-0.15, -0.1) is 22.7 Å². The Balaban J connectivity index is 1.91. The van der Waals surface area contributed by atoms with Gasteiger partial charge in [0.1, 0.15) is 11.1 Å². The lowest BCUT2D eigenvalue weighted by atomic mass is 10.2.